The lowest BCUT2D eigenvalue weighted by atomic mass is 10.3. The lowest BCUT2D eigenvalue weighted by Crippen LogP contribution is -2.00. The fourth-order valence-electron chi connectivity index (χ4n) is 0.812. The average Bonchev–Trinajstić information content (AvgIpc) is 2.13. The van der Waals surface area contributed by atoms with Crippen LogP contribution in [-0.2, 0) is 4.79 Å². The third-order valence-corrected chi connectivity index (χ3v) is 1.57. The number of isocyanates is 1. The number of halogens is 1. The first-order chi connectivity index (χ1) is 6.33. The van der Waals surface area contributed by atoms with Crippen LogP contribution in [0.3, 0.4) is 0 Å². The maximum atomic E-state index is 9.70. The standard InChI is InChI=1S/C9H8ClNO2/c10-8-2-1-3-9(6-8)13-5-4-11-7-12/h1-3,6H,4-5H2. The molecule has 1 aromatic rings. The van der Waals surface area contributed by atoms with Crippen LogP contribution in [0.15, 0.2) is 29.3 Å². The summed E-state index contributed by atoms with van der Waals surface area (Å²) in [6.45, 7) is 0.672. The molecule has 0 radical (unpaired) electrons. The molecule has 0 aliphatic carbocycles. The van der Waals surface area contributed by atoms with Gasteiger partial charge in [-0.3, -0.25) is 0 Å². The second-order valence-corrected chi connectivity index (χ2v) is 2.72. The molecule has 0 heterocycles. The molecule has 0 N–H and O–H groups in total. The van der Waals surface area contributed by atoms with Crippen molar-refractivity contribution < 1.29 is 9.53 Å². The van der Waals surface area contributed by atoms with Crippen molar-refractivity contribution in [3.63, 3.8) is 0 Å². The van der Waals surface area contributed by atoms with E-state index in [1.165, 1.54) is 6.08 Å². The van der Waals surface area contributed by atoms with Crippen molar-refractivity contribution in [2.75, 3.05) is 13.2 Å². The van der Waals surface area contributed by atoms with Gasteiger partial charge in [0.05, 0.1) is 6.54 Å². The predicted octanol–water partition coefficient (Wildman–Crippen LogP) is 2.05. The number of aliphatic imine (C=N–C) groups is 1. The van der Waals surface area contributed by atoms with E-state index in [0.29, 0.717) is 23.9 Å². The fraction of sp³-hybridized carbons (Fsp3) is 0.222. The molecule has 0 amide bonds. The monoisotopic (exact) mass is 197 g/mol. The van der Waals surface area contributed by atoms with Gasteiger partial charge in [-0.1, -0.05) is 17.7 Å². The molecule has 0 saturated heterocycles. The van der Waals surface area contributed by atoms with Crippen LogP contribution < -0.4 is 4.74 Å². The number of rotatable bonds is 4. The first kappa shape index (κ1) is 9.78. The normalized spacial score (nSPS) is 9.00. The van der Waals surface area contributed by atoms with Crippen molar-refractivity contribution in [2.24, 2.45) is 4.99 Å². The number of nitrogens with zero attached hydrogens (tertiary/aromatic N) is 1. The molecule has 0 fully saturated rings. The van der Waals surface area contributed by atoms with Crippen LogP contribution in [0.25, 0.3) is 0 Å². The van der Waals surface area contributed by atoms with Gasteiger partial charge in [0.15, 0.2) is 0 Å². The van der Waals surface area contributed by atoms with Crippen LogP contribution in [0.5, 0.6) is 5.75 Å². The Kier molecular flexibility index (Phi) is 4.03. The molecule has 0 atom stereocenters. The first-order valence-corrected chi connectivity index (χ1v) is 4.13. The Hall–Kier alpha value is -1.31. The van der Waals surface area contributed by atoms with Crippen molar-refractivity contribution in [1.29, 1.82) is 0 Å². The molecular weight excluding hydrogens is 190 g/mol. The molecule has 0 aromatic heterocycles. The molecule has 13 heavy (non-hydrogen) atoms. The molecule has 0 aliphatic heterocycles. The molecule has 0 spiro atoms. The zero-order chi connectivity index (χ0) is 9.52. The fourth-order valence-corrected chi connectivity index (χ4v) is 0.992. The van der Waals surface area contributed by atoms with E-state index in [0.717, 1.165) is 0 Å². The highest BCUT2D eigenvalue weighted by molar-refractivity contribution is 6.30. The zero-order valence-corrected chi connectivity index (χ0v) is 7.62. The van der Waals surface area contributed by atoms with E-state index in [-0.39, 0.29) is 0 Å². The third-order valence-electron chi connectivity index (χ3n) is 1.33. The highest BCUT2D eigenvalue weighted by Crippen LogP contribution is 2.16. The molecule has 1 rings (SSSR count). The average molecular weight is 198 g/mol. The lowest BCUT2D eigenvalue weighted by Gasteiger charge is -2.02. The van der Waals surface area contributed by atoms with Gasteiger partial charge in [0, 0.05) is 5.02 Å². The second-order valence-electron chi connectivity index (χ2n) is 2.28. The van der Waals surface area contributed by atoms with Crippen LogP contribution in [0.4, 0.5) is 0 Å². The van der Waals surface area contributed by atoms with E-state index in [2.05, 4.69) is 4.99 Å². The third kappa shape index (κ3) is 3.74. The number of benzene rings is 1. The highest BCUT2D eigenvalue weighted by Gasteiger charge is 1.93. The molecule has 0 bridgehead atoms. The molecule has 3 nitrogen and oxygen atoms in total. The van der Waals surface area contributed by atoms with Crippen LogP contribution >= 0.6 is 11.6 Å². The van der Waals surface area contributed by atoms with Gasteiger partial charge in [-0.05, 0) is 18.2 Å². The summed E-state index contributed by atoms with van der Waals surface area (Å²) in [5, 5.41) is 0.622. The molecule has 0 unspecified atom stereocenters. The van der Waals surface area contributed by atoms with Crippen LogP contribution in [0, 0.1) is 0 Å². The van der Waals surface area contributed by atoms with Gasteiger partial charge >= 0.3 is 0 Å². The zero-order valence-electron chi connectivity index (χ0n) is 6.87. The van der Waals surface area contributed by atoms with E-state index in [4.69, 9.17) is 16.3 Å². The second kappa shape index (κ2) is 5.36. The summed E-state index contributed by atoms with van der Waals surface area (Å²) in [7, 11) is 0. The minimum absolute atomic E-state index is 0.315. The summed E-state index contributed by atoms with van der Waals surface area (Å²) in [4.78, 5) is 13.0. The quantitative estimate of drug-likeness (QED) is 0.421. The Morgan fingerprint density at radius 2 is 2.38 bits per heavy atom. The van der Waals surface area contributed by atoms with Crippen LogP contribution in [0.1, 0.15) is 0 Å². The molecule has 68 valence electrons. The maximum absolute atomic E-state index is 9.70. The van der Waals surface area contributed by atoms with Gasteiger partial charge in [-0.25, -0.2) is 9.79 Å². The van der Waals surface area contributed by atoms with E-state index >= 15 is 0 Å². The summed E-state index contributed by atoms with van der Waals surface area (Å²) in [5.41, 5.74) is 0. The molecule has 0 saturated carbocycles. The number of ether oxygens (including phenoxy) is 1. The van der Waals surface area contributed by atoms with Gasteiger partial charge in [-0.2, -0.15) is 0 Å². The Labute approximate surface area is 81.0 Å². The SMILES string of the molecule is O=C=NCCOc1cccc(Cl)c1. The summed E-state index contributed by atoms with van der Waals surface area (Å²) >= 11 is 5.72. The molecule has 1 aromatic carbocycles. The van der Waals surface area contributed by atoms with E-state index < -0.39 is 0 Å². The summed E-state index contributed by atoms with van der Waals surface area (Å²) in [6.07, 6.45) is 1.43. The van der Waals surface area contributed by atoms with Gasteiger partial charge < -0.3 is 4.74 Å². The Morgan fingerprint density at radius 1 is 1.54 bits per heavy atom. The highest BCUT2D eigenvalue weighted by atomic mass is 35.5. The lowest BCUT2D eigenvalue weighted by molar-refractivity contribution is 0.328. The van der Waals surface area contributed by atoms with Crippen molar-refractivity contribution in [3.05, 3.63) is 29.3 Å². The van der Waals surface area contributed by atoms with Gasteiger partial charge in [0.25, 0.3) is 0 Å². The molecule has 4 heteroatoms. The molecule has 0 aliphatic rings. The minimum atomic E-state index is 0.315. The van der Waals surface area contributed by atoms with Gasteiger partial charge in [0.2, 0.25) is 6.08 Å². The number of hydrogen-bond acceptors (Lipinski definition) is 3. The Bertz CT molecular complexity index is 321. The van der Waals surface area contributed by atoms with E-state index in [9.17, 15) is 4.79 Å². The van der Waals surface area contributed by atoms with Crippen molar-refractivity contribution in [3.8, 4) is 5.75 Å². The van der Waals surface area contributed by atoms with E-state index in [1.807, 2.05) is 0 Å². The van der Waals surface area contributed by atoms with Crippen LogP contribution in [0.2, 0.25) is 5.02 Å². The van der Waals surface area contributed by atoms with Crippen molar-refractivity contribution in [1.82, 2.24) is 0 Å². The Morgan fingerprint density at radius 3 is 3.08 bits per heavy atom. The van der Waals surface area contributed by atoms with Crippen LogP contribution in [-0.4, -0.2) is 19.2 Å². The number of carbonyl (C=O) groups excluding carboxylic acids is 1. The summed E-state index contributed by atoms with van der Waals surface area (Å²) < 4.78 is 5.23. The smallest absolute Gasteiger partial charge is 0.235 e. The van der Waals surface area contributed by atoms with Crippen molar-refractivity contribution >= 4 is 17.7 Å². The Balaban J connectivity index is 2.40. The first-order valence-electron chi connectivity index (χ1n) is 3.75. The minimum Gasteiger partial charge on any atom is -0.492 e. The molecular formula is C9H8ClNO2. The topological polar surface area (TPSA) is 38.7 Å². The van der Waals surface area contributed by atoms with E-state index in [1.54, 1.807) is 24.3 Å². The van der Waals surface area contributed by atoms with Gasteiger partial charge in [-0.15, -0.1) is 0 Å². The number of hydrogen-bond donors (Lipinski definition) is 0. The summed E-state index contributed by atoms with van der Waals surface area (Å²) in [5.74, 6) is 0.675. The maximum Gasteiger partial charge on any atom is 0.235 e. The summed E-state index contributed by atoms with van der Waals surface area (Å²) in [6, 6.07) is 7.04. The van der Waals surface area contributed by atoms with Crippen molar-refractivity contribution in [2.45, 2.75) is 0 Å². The van der Waals surface area contributed by atoms with Gasteiger partial charge in [0.1, 0.15) is 12.4 Å². The predicted molar refractivity (Wildman–Crippen MR) is 49.9 cm³/mol. The largest absolute Gasteiger partial charge is 0.492 e.